The second kappa shape index (κ2) is 5.97. The third kappa shape index (κ3) is 3.00. The molecule has 3 rings (SSSR count). The van der Waals surface area contributed by atoms with Crippen molar-refractivity contribution >= 4 is 22.1 Å². The summed E-state index contributed by atoms with van der Waals surface area (Å²) in [5.41, 5.74) is -1.95. The molecule has 0 bridgehead atoms. The van der Waals surface area contributed by atoms with Gasteiger partial charge in [-0.2, -0.15) is 17.6 Å². The number of thiazole rings is 1. The smallest absolute Gasteiger partial charge is 0.362 e. The molecular formula is C16H9F4N3OS. The molecule has 0 N–H and O–H groups in total. The molecule has 0 spiro atoms. The van der Waals surface area contributed by atoms with Gasteiger partial charge >= 0.3 is 11.7 Å². The SMILES string of the molecule is [C-]#[N+]c1c(C)sc2nc(Cc3cccc(C(F)(F)F)c3F)cc(=O)n12. The van der Waals surface area contributed by atoms with E-state index in [0.717, 1.165) is 27.9 Å². The zero-order valence-electron chi connectivity index (χ0n) is 12.7. The number of aryl methyl sites for hydroxylation is 1. The van der Waals surface area contributed by atoms with Crippen LogP contribution in [-0.2, 0) is 12.6 Å². The summed E-state index contributed by atoms with van der Waals surface area (Å²) in [7, 11) is 0. The highest BCUT2D eigenvalue weighted by molar-refractivity contribution is 7.17. The van der Waals surface area contributed by atoms with Crippen molar-refractivity contribution in [1.82, 2.24) is 9.38 Å². The molecule has 3 aromatic rings. The Hall–Kier alpha value is -2.73. The van der Waals surface area contributed by atoms with E-state index in [9.17, 15) is 22.4 Å². The fourth-order valence-electron chi connectivity index (χ4n) is 2.46. The van der Waals surface area contributed by atoms with Gasteiger partial charge in [-0.15, -0.1) is 0 Å². The number of halogens is 4. The molecule has 0 unspecified atom stereocenters. The summed E-state index contributed by atoms with van der Waals surface area (Å²) in [5, 5.41) is 0. The van der Waals surface area contributed by atoms with E-state index in [0.29, 0.717) is 10.9 Å². The van der Waals surface area contributed by atoms with E-state index in [1.54, 1.807) is 6.92 Å². The molecule has 0 saturated heterocycles. The molecule has 2 aromatic heterocycles. The van der Waals surface area contributed by atoms with Crippen LogP contribution >= 0.6 is 11.3 Å². The third-order valence-electron chi connectivity index (χ3n) is 3.57. The normalized spacial score (nSPS) is 11.7. The lowest BCUT2D eigenvalue weighted by atomic mass is 10.0. The highest BCUT2D eigenvalue weighted by Crippen LogP contribution is 2.33. The molecule has 0 amide bonds. The van der Waals surface area contributed by atoms with Crippen LogP contribution in [0.2, 0.25) is 0 Å². The first kappa shape index (κ1) is 17.1. The first-order chi connectivity index (χ1) is 11.7. The standard InChI is InChI=1S/C16H9F4N3OS/c1-8-14(21-2)23-12(24)7-10(22-15(23)25-8)6-9-4-3-5-11(13(9)17)16(18,19)20/h3-5,7H,6H2,1H3. The van der Waals surface area contributed by atoms with Gasteiger partial charge in [-0.05, 0) is 18.6 Å². The monoisotopic (exact) mass is 367 g/mol. The molecule has 128 valence electrons. The first-order valence-corrected chi connectivity index (χ1v) is 7.78. The molecule has 0 atom stereocenters. The zero-order valence-corrected chi connectivity index (χ0v) is 13.5. The van der Waals surface area contributed by atoms with Crippen molar-refractivity contribution < 1.29 is 17.6 Å². The Morgan fingerprint density at radius 2 is 2.08 bits per heavy atom. The molecule has 0 saturated carbocycles. The van der Waals surface area contributed by atoms with Gasteiger partial charge in [-0.3, -0.25) is 0 Å². The van der Waals surface area contributed by atoms with Crippen molar-refractivity contribution in [2.45, 2.75) is 19.5 Å². The van der Waals surface area contributed by atoms with Gasteiger partial charge < -0.3 is 4.85 Å². The van der Waals surface area contributed by atoms with Crippen molar-refractivity contribution in [3.05, 3.63) is 73.6 Å². The average molecular weight is 367 g/mol. The van der Waals surface area contributed by atoms with E-state index in [1.165, 1.54) is 6.07 Å². The van der Waals surface area contributed by atoms with Crippen molar-refractivity contribution in [3.8, 4) is 0 Å². The number of rotatable bonds is 2. The molecule has 4 nitrogen and oxygen atoms in total. The van der Waals surface area contributed by atoms with Gasteiger partial charge in [-0.25, -0.2) is 14.2 Å². The molecule has 0 aliphatic carbocycles. The lowest BCUT2D eigenvalue weighted by molar-refractivity contribution is -0.140. The van der Waals surface area contributed by atoms with Gasteiger partial charge in [0.25, 0.3) is 10.8 Å². The van der Waals surface area contributed by atoms with Gasteiger partial charge in [0.05, 0.1) is 11.3 Å². The van der Waals surface area contributed by atoms with E-state index >= 15 is 0 Å². The summed E-state index contributed by atoms with van der Waals surface area (Å²) < 4.78 is 53.6. The molecule has 0 radical (unpaired) electrons. The molecule has 2 heterocycles. The van der Waals surface area contributed by atoms with E-state index in [-0.39, 0.29) is 28.5 Å². The van der Waals surface area contributed by atoms with Crippen LogP contribution in [0, 0.1) is 19.3 Å². The fraction of sp³-hybridized carbons (Fsp3) is 0.188. The second-order valence-electron chi connectivity index (χ2n) is 5.25. The highest BCUT2D eigenvalue weighted by atomic mass is 32.1. The average Bonchev–Trinajstić information content (AvgIpc) is 2.84. The maximum atomic E-state index is 14.1. The minimum Gasteiger partial charge on any atom is -0.362 e. The minimum absolute atomic E-state index is 0.140. The van der Waals surface area contributed by atoms with Crippen LogP contribution < -0.4 is 5.56 Å². The zero-order chi connectivity index (χ0) is 18.4. The van der Waals surface area contributed by atoms with E-state index in [2.05, 4.69) is 9.83 Å². The summed E-state index contributed by atoms with van der Waals surface area (Å²) in [6.07, 6.45) is -5.06. The Kier molecular flexibility index (Phi) is 4.08. The predicted octanol–water partition coefficient (Wildman–Crippen LogP) is 4.36. The number of hydrogen-bond acceptors (Lipinski definition) is 3. The van der Waals surface area contributed by atoms with Crippen molar-refractivity contribution in [1.29, 1.82) is 0 Å². The van der Waals surface area contributed by atoms with Gasteiger partial charge in [0.1, 0.15) is 5.82 Å². The van der Waals surface area contributed by atoms with Crippen LogP contribution in [0.15, 0.2) is 29.1 Å². The Bertz CT molecular complexity index is 1080. The number of fused-ring (bicyclic) bond motifs is 1. The molecular weight excluding hydrogens is 358 g/mol. The Balaban J connectivity index is 2.09. The number of benzene rings is 1. The lowest BCUT2D eigenvalue weighted by Gasteiger charge is -2.10. The summed E-state index contributed by atoms with van der Waals surface area (Å²) in [6.45, 7) is 8.78. The molecule has 25 heavy (non-hydrogen) atoms. The highest BCUT2D eigenvalue weighted by Gasteiger charge is 2.34. The van der Waals surface area contributed by atoms with Crippen LogP contribution in [0.4, 0.5) is 23.4 Å². The summed E-state index contributed by atoms with van der Waals surface area (Å²) in [6, 6.07) is 4.10. The van der Waals surface area contributed by atoms with Crippen LogP contribution in [-0.4, -0.2) is 9.38 Å². The predicted molar refractivity (Wildman–Crippen MR) is 84.5 cm³/mol. The van der Waals surface area contributed by atoms with Crippen molar-refractivity contribution in [3.63, 3.8) is 0 Å². The van der Waals surface area contributed by atoms with Gasteiger partial charge in [-0.1, -0.05) is 30.0 Å². The maximum Gasteiger partial charge on any atom is 0.419 e. The van der Waals surface area contributed by atoms with Crippen LogP contribution in [0.25, 0.3) is 9.81 Å². The van der Waals surface area contributed by atoms with E-state index < -0.39 is 23.1 Å². The minimum atomic E-state index is -4.80. The molecule has 0 fully saturated rings. The van der Waals surface area contributed by atoms with Crippen LogP contribution in [0.5, 0.6) is 0 Å². The fourth-order valence-corrected chi connectivity index (χ4v) is 3.39. The quantitative estimate of drug-likeness (QED) is 0.499. The van der Waals surface area contributed by atoms with Crippen LogP contribution in [0.3, 0.4) is 0 Å². The number of hydrogen-bond donors (Lipinski definition) is 0. The topological polar surface area (TPSA) is 38.7 Å². The maximum absolute atomic E-state index is 14.1. The molecule has 1 aromatic carbocycles. The summed E-state index contributed by atoms with van der Waals surface area (Å²) in [5.74, 6) is -1.23. The first-order valence-electron chi connectivity index (χ1n) is 6.96. The summed E-state index contributed by atoms with van der Waals surface area (Å²) in [4.78, 5) is 20.5. The van der Waals surface area contributed by atoms with Gasteiger partial charge in [0.15, 0.2) is 0 Å². The number of aromatic nitrogens is 2. The van der Waals surface area contributed by atoms with Gasteiger partial charge in [0.2, 0.25) is 0 Å². The Labute approximate surface area is 142 Å². The lowest BCUT2D eigenvalue weighted by Crippen LogP contribution is -2.15. The van der Waals surface area contributed by atoms with E-state index in [1.807, 2.05) is 0 Å². The third-order valence-corrected chi connectivity index (χ3v) is 4.52. The van der Waals surface area contributed by atoms with Crippen LogP contribution in [0.1, 0.15) is 21.7 Å². The largest absolute Gasteiger partial charge is 0.419 e. The molecule has 0 aliphatic rings. The summed E-state index contributed by atoms with van der Waals surface area (Å²) >= 11 is 1.12. The Morgan fingerprint density at radius 1 is 1.36 bits per heavy atom. The molecule has 0 aliphatic heterocycles. The number of nitrogens with zero attached hydrogens (tertiary/aromatic N) is 3. The Morgan fingerprint density at radius 3 is 2.72 bits per heavy atom. The molecule has 9 heteroatoms. The van der Waals surface area contributed by atoms with Crippen molar-refractivity contribution in [2.24, 2.45) is 0 Å². The van der Waals surface area contributed by atoms with Gasteiger partial charge in [0, 0.05) is 17.4 Å². The van der Waals surface area contributed by atoms with Crippen molar-refractivity contribution in [2.75, 3.05) is 0 Å². The second-order valence-corrected chi connectivity index (χ2v) is 6.43. The number of alkyl halides is 3. The van der Waals surface area contributed by atoms with E-state index in [4.69, 9.17) is 6.57 Å².